The minimum absolute atomic E-state index is 0.0527. The molecule has 0 aromatic carbocycles. The molecule has 0 heterocycles. The predicted octanol–water partition coefficient (Wildman–Crippen LogP) is 9.42. The molecule has 3 N–H and O–H groups in total. The van der Waals surface area contributed by atoms with E-state index in [0.29, 0.717) is 19.4 Å². The van der Waals surface area contributed by atoms with Crippen LogP contribution in [0.5, 0.6) is 0 Å². The molecule has 0 aliphatic heterocycles. The molecule has 7 nitrogen and oxygen atoms in total. The molecule has 0 spiro atoms. The summed E-state index contributed by atoms with van der Waals surface area (Å²) < 4.78 is 10.7. The van der Waals surface area contributed by atoms with Crippen LogP contribution in [0.3, 0.4) is 0 Å². The van der Waals surface area contributed by atoms with Crippen LogP contribution in [0.15, 0.2) is 48.1 Å². The van der Waals surface area contributed by atoms with E-state index in [9.17, 15) is 19.5 Å². The van der Waals surface area contributed by atoms with E-state index in [4.69, 9.17) is 15.2 Å². The number of hydrogen-bond donors (Lipinski definition) is 2. The van der Waals surface area contributed by atoms with E-state index in [-0.39, 0.29) is 48.4 Å². The van der Waals surface area contributed by atoms with Gasteiger partial charge in [0.2, 0.25) is 0 Å². The Morgan fingerprint density at radius 3 is 2.18 bits per heavy atom. The summed E-state index contributed by atoms with van der Waals surface area (Å²) in [6.07, 6.45) is 31.0. The molecule has 0 aromatic heterocycles. The Morgan fingerprint density at radius 2 is 1.51 bits per heavy atom. The lowest BCUT2D eigenvalue weighted by Gasteiger charge is -2.63. The zero-order chi connectivity index (χ0) is 36.9. The third-order valence-electron chi connectivity index (χ3n) is 13.0. The Bertz CT molecular complexity index is 1280. The lowest BCUT2D eigenvalue weighted by molar-refractivity contribution is -0.156. The fourth-order valence-corrected chi connectivity index (χ4v) is 10.3. The fraction of sp³-hybridized carbons (Fsp3) is 0.750. The van der Waals surface area contributed by atoms with Crippen molar-refractivity contribution in [3.63, 3.8) is 0 Å². The van der Waals surface area contributed by atoms with Crippen molar-refractivity contribution >= 4 is 17.7 Å². The Balaban J connectivity index is 1.06. The van der Waals surface area contributed by atoms with Crippen molar-refractivity contribution in [2.45, 2.75) is 167 Å². The number of esters is 2. The maximum Gasteiger partial charge on any atom is 0.306 e. The summed E-state index contributed by atoms with van der Waals surface area (Å²) in [6, 6.07) is 0. The molecule has 0 amide bonds. The molecule has 4 aliphatic carbocycles. The number of ketones is 1. The molecule has 7 heteroatoms. The zero-order valence-electron chi connectivity index (χ0n) is 32.2. The maximum atomic E-state index is 13.5. The Labute approximate surface area is 308 Å². The van der Waals surface area contributed by atoms with Gasteiger partial charge in [0.1, 0.15) is 6.61 Å². The van der Waals surface area contributed by atoms with Gasteiger partial charge in [-0.05, 0) is 81.1 Å². The van der Waals surface area contributed by atoms with Gasteiger partial charge in [-0.25, -0.2) is 0 Å². The summed E-state index contributed by atoms with van der Waals surface area (Å²) >= 11 is 0. The van der Waals surface area contributed by atoms with Crippen LogP contribution in [0.4, 0.5) is 0 Å². The minimum Gasteiger partial charge on any atom is -0.466 e. The quantitative estimate of drug-likeness (QED) is 0.0654. The van der Waals surface area contributed by atoms with Crippen LogP contribution < -0.4 is 5.73 Å². The highest BCUT2D eigenvalue weighted by Crippen LogP contribution is 2.67. The number of Topliss-reactive ketones (excluding diaryl/α,β-unsaturated/α-hetero) is 1. The highest BCUT2D eigenvalue weighted by molar-refractivity contribution is 5.86. The van der Waals surface area contributed by atoms with Crippen LogP contribution in [0.1, 0.15) is 156 Å². The highest BCUT2D eigenvalue weighted by atomic mass is 16.5. The van der Waals surface area contributed by atoms with Crippen molar-refractivity contribution < 1.29 is 29.0 Å². The monoisotopic (exact) mass is 708 g/mol. The number of ether oxygens (including phenoxy) is 2. The number of nitrogens with two attached hydrogens (primary N) is 1. The van der Waals surface area contributed by atoms with Gasteiger partial charge in [0.25, 0.3) is 0 Å². The second-order valence-electron chi connectivity index (χ2n) is 16.7. The van der Waals surface area contributed by atoms with Gasteiger partial charge in [0, 0.05) is 22.8 Å². The van der Waals surface area contributed by atoms with E-state index in [0.717, 1.165) is 50.5 Å². The molecule has 3 saturated carbocycles. The Morgan fingerprint density at radius 1 is 0.902 bits per heavy atom. The molecule has 0 radical (unpaired) electrons. The number of rotatable bonds is 22. The van der Waals surface area contributed by atoms with E-state index >= 15 is 0 Å². The molecule has 0 aromatic rings. The first-order valence-corrected chi connectivity index (χ1v) is 20.5. The van der Waals surface area contributed by atoms with Crippen LogP contribution in [0, 0.1) is 28.6 Å². The number of carbonyl (C=O) groups excluding carboxylic acids is 3. The van der Waals surface area contributed by atoms with Crippen LogP contribution in [-0.2, 0) is 23.9 Å². The van der Waals surface area contributed by atoms with Gasteiger partial charge in [-0.15, -0.1) is 0 Å². The molecule has 7 unspecified atom stereocenters. The summed E-state index contributed by atoms with van der Waals surface area (Å²) in [5.41, 5.74) is 8.18. The summed E-state index contributed by atoms with van der Waals surface area (Å²) in [6.45, 7) is 10.7. The van der Waals surface area contributed by atoms with Crippen LogP contribution in [0.25, 0.3) is 0 Å². The van der Waals surface area contributed by atoms with Gasteiger partial charge >= 0.3 is 11.9 Å². The highest BCUT2D eigenvalue weighted by Gasteiger charge is 2.67. The van der Waals surface area contributed by atoms with Crippen LogP contribution in [-0.4, -0.2) is 47.7 Å². The Hall–Kier alpha value is -2.51. The first kappa shape index (κ1) is 41.2. The third-order valence-corrected chi connectivity index (χ3v) is 13.0. The molecular formula is C44H69NO6. The number of allylic oxidation sites excluding steroid dienone is 7. The van der Waals surface area contributed by atoms with E-state index in [2.05, 4.69) is 51.7 Å². The summed E-state index contributed by atoms with van der Waals surface area (Å²) in [7, 11) is 0. The van der Waals surface area contributed by atoms with Crippen LogP contribution >= 0.6 is 0 Å². The standard InChI is InChI=1S/C44H69NO6/c1-5-6-7-8-9-10-11-12-13-14-15-16-17-18-19-20-29-50-39(48)23-24-40(49)51-32-37(47)35-21-22-38-43(35,4)31-36(46)41-42(3)27-25-33(2)30-34(42)26-28-44(38,41)45/h12-13,25,27,30,35-36,38,41,46H,2,5-11,14-24,26,28-29,31-32,45H2,1,3-4H3/b13-12-. The average molecular weight is 708 g/mol. The molecule has 3 fully saturated rings. The van der Waals surface area contributed by atoms with Gasteiger partial charge in [-0.3, -0.25) is 14.4 Å². The van der Waals surface area contributed by atoms with Crippen molar-refractivity contribution in [3.8, 4) is 0 Å². The molecule has 0 bridgehead atoms. The number of aliphatic hydroxyl groups excluding tert-OH is 1. The van der Waals surface area contributed by atoms with E-state index in [1.165, 1.54) is 69.8 Å². The van der Waals surface area contributed by atoms with Crippen molar-refractivity contribution in [1.29, 1.82) is 0 Å². The normalized spacial score (nSPS) is 31.2. The summed E-state index contributed by atoms with van der Waals surface area (Å²) in [4.78, 5) is 38.2. The van der Waals surface area contributed by atoms with E-state index in [1.807, 2.05) is 6.08 Å². The topological polar surface area (TPSA) is 116 Å². The second kappa shape index (κ2) is 19.5. The van der Waals surface area contributed by atoms with Crippen molar-refractivity contribution in [2.75, 3.05) is 13.2 Å². The smallest absolute Gasteiger partial charge is 0.306 e. The van der Waals surface area contributed by atoms with Gasteiger partial charge in [-0.1, -0.05) is 121 Å². The predicted molar refractivity (Wildman–Crippen MR) is 205 cm³/mol. The van der Waals surface area contributed by atoms with Crippen LogP contribution in [0.2, 0.25) is 0 Å². The maximum absolute atomic E-state index is 13.5. The zero-order valence-corrected chi connectivity index (χ0v) is 32.2. The average Bonchev–Trinajstić information content (AvgIpc) is 3.45. The summed E-state index contributed by atoms with van der Waals surface area (Å²) in [5.74, 6) is -1.49. The second-order valence-corrected chi connectivity index (χ2v) is 16.7. The molecule has 0 saturated heterocycles. The largest absolute Gasteiger partial charge is 0.466 e. The minimum atomic E-state index is -0.653. The van der Waals surface area contributed by atoms with Gasteiger partial charge in [0.05, 0.1) is 25.6 Å². The third kappa shape index (κ3) is 10.6. The molecular weight excluding hydrogens is 638 g/mol. The number of fused-ring (bicyclic) bond motifs is 5. The number of unbranched alkanes of at least 4 members (excludes halogenated alkanes) is 12. The van der Waals surface area contributed by atoms with Gasteiger partial charge in [-0.2, -0.15) is 0 Å². The van der Waals surface area contributed by atoms with Crippen molar-refractivity contribution in [1.82, 2.24) is 0 Å². The molecule has 51 heavy (non-hydrogen) atoms. The SMILES string of the molecule is C=C1C=CC2(C)C(=C1)CCC1(N)C2C(O)CC2(C)C(C(=O)COC(=O)CCC(=O)OCCCCCCCC/C=C\CCCCCCCC)CCC21. The lowest BCUT2D eigenvalue weighted by Crippen LogP contribution is -2.70. The lowest BCUT2D eigenvalue weighted by atomic mass is 9.43. The van der Waals surface area contributed by atoms with Gasteiger partial charge in [0.15, 0.2) is 5.78 Å². The van der Waals surface area contributed by atoms with Gasteiger partial charge < -0.3 is 20.3 Å². The number of hydrogen-bond acceptors (Lipinski definition) is 7. The first-order chi connectivity index (χ1) is 24.5. The number of carbonyl (C=O) groups is 3. The summed E-state index contributed by atoms with van der Waals surface area (Å²) in [5, 5.41) is 11.7. The van der Waals surface area contributed by atoms with E-state index in [1.54, 1.807) is 0 Å². The fourth-order valence-electron chi connectivity index (χ4n) is 10.3. The molecule has 4 rings (SSSR count). The molecule has 4 aliphatic rings. The van der Waals surface area contributed by atoms with E-state index < -0.39 is 29.0 Å². The Kier molecular flexibility index (Phi) is 15.8. The van der Waals surface area contributed by atoms with Crippen molar-refractivity contribution in [2.24, 2.45) is 34.3 Å². The first-order valence-electron chi connectivity index (χ1n) is 20.5. The molecule has 7 atom stereocenters. The number of aliphatic hydroxyl groups is 1. The van der Waals surface area contributed by atoms with Crippen molar-refractivity contribution in [3.05, 3.63) is 48.1 Å². The molecule has 286 valence electrons.